The molecule has 2 saturated heterocycles. The van der Waals surface area contributed by atoms with Gasteiger partial charge in [-0.05, 0) is 127 Å². The van der Waals surface area contributed by atoms with Crippen molar-refractivity contribution in [3.8, 4) is 11.5 Å². The number of likely N-dealkylation sites (tertiary alicyclic amines) is 2. The van der Waals surface area contributed by atoms with Gasteiger partial charge in [-0.1, -0.05) is 11.8 Å². The highest BCUT2D eigenvalue weighted by molar-refractivity contribution is 7.99. The van der Waals surface area contributed by atoms with Gasteiger partial charge >= 0.3 is 0 Å². The zero-order valence-corrected chi connectivity index (χ0v) is 23.5. The summed E-state index contributed by atoms with van der Waals surface area (Å²) < 4.78 is 12.7. The lowest BCUT2D eigenvalue weighted by molar-refractivity contribution is 0.149. The molecule has 0 radical (unpaired) electrons. The molecule has 4 nitrogen and oxygen atoms in total. The molecule has 0 aliphatic carbocycles. The molecule has 0 aromatic heterocycles. The minimum atomic E-state index is 0.632. The standard InChI is InChI=1S/C30H44N2O2S/c1-21-13-27(14-22(2)29(21)33-19-25-9-7-11-31(5)17-25)35-28-15-23(3)30(24(4)16-28)34-20-26-10-8-12-32(6)18-26/h13-16,25-26H,7-12,17-20H2,1-6H3. The van der Waals surface area contributed by atoms with Gasteiger partial charge in [0.05, 0.1) is 13.2 Å². The SMILES string of the molecule is Cc1cc(Sc2cc(C)c(OCC3CCCN(C)C3)c(C)c2)cc(C)c1OCC1CCCN(C)C1. The van der Waals surface area contributed by atoms with E-state index < -0.39 is 0 Å². The third-order valence-electron chi connectivity index (χ3n) is 7.47. The molecule has 2 aliphatic rings. The van der Waals surface area contributed by atoms with Gasteiger partial charge in [0.15, 0.2) is 0 Å². The van der Waals surface area contributed by atoms with Crippen LogP contribution in [-0.4, -0.2) is 63.3 Å². The molecule has 2 atom stereocenters. The zero-order valence-electron chi connectivity index (χ0n) is 22.7. The van der Waals surface area contributed by atoms with Gasteiger partial charge in [-0.3, -0.25) is 0 Å². The maximum atomic E-state index is 6.34. The van der Waals surface area contributed by atoms with E-state index >= 15 is 0 Å². The first kappa shape index (κ1) is 26.4. The van der Waals surface area contributed by atoms with Crippen molar-refractivity contribution in [1.82, 2.24) is 9.80 Å². The van der Waals surface area contributed by atoms with Gasteiger partial charge in [-0.25, -0.2) is 0 Å². The van der Waals surface area contributed by atoms with Crippen molar-refractivity contribution in [1.29, 1.82) is 0 Å². The average Bonchev–Trinajstić information content (AvgIpc) is 2.78. The normalized spacial score (nSPS) is 21.8. The van der Waals surface area contributed by atoms with Crippen LogP contribution in [0.5, 0.6) is 11.5 Å². The number of hydrogen-bond donors (Lipinski definition) is 0. The van der Waals surface area contributed by atoms with Crippen molar-refractivity contribution >= 4 is 11.8 Å². The molecule has 35 heavy (non-hydrogen) atoms. The van der Waals surface area contributed by atoms with E-state index in [4.69, 9.17) is 9.47 Å². The summed E-state index contributed by atoms with van der Waals surface area (Å²) in [7, 11) is 4.43. The zero-order chi connectivity index (χ0) is 24.9. The van der Waals surface area contributed by atoms with Gasteiger partial charge < -0.3 is 19.3 Å². The first-order valence-electron chi connectivity index (χ1n) is 13.3. The Hall–Kier alpha value is -1.69. The first-order valence-corrected chi connectivity index (χ1v) is 14.1. The van der Waals surface area contributed by atoms with Crippen LogP contribution in [0.3, 0.4) is 0 Å². The van der Waals surface area contributed by atoms with Crippen molar-refractivity contribution < 1.29 is 9.47 Å². The fourth-order valence-electron chi connectivity index (χ4n) is 5.75. The predicted molar refractivity (Wildman–Crippen MR) is 147 cm³/mol. The Balaban J connectivity index is 1.38. The topological polar surface area (TPSA) is 24.9 Å². The van der Waals surface area contributed by atoms with Crippen LogP contribution in [0.1, 0.15) is 47.9 Å². The summed E-state index contributed by atoms with van der Waals surface area (Å²) in [6.45, 7) is 15.0. The molecule has 0 amide bonds. The smallest absolute Gasteiger partial charge is 0.125 e. The molecule has 2 fully saturated rings. The van der Waals surface area contributed by atoms with E-state index in [0.29, 0.717) is 11.8 Å². The van der Waals surface area contributed by atoms with Gasteiger partial charge in [0.25, 0.3) is 0 Å². The van der Waals surface area contributed by atoms with Crippen molar-refractivity contribution in [3.63, 3.8) is 0 Å². The van der Waals surface area contributed by atoms with E-state index in [1.54, 1.807) is 0 Å². The number of hydrogen-bond acceptors (Lipinski definition) is 5. The number of rotatable bonds is 8. The van der Waals surface area contributed by atoms with E-state index in [0.717, 1.165) is 37.8 Å². The molecule has 0 saturated carbocycles. The monoisotopic (exact) mass is 496 g/mol. The molecule has 0 spiro atoms. The Kier molecular flexibility index (Phi) is 9.07. The van der Waals surface area contributed by atoms with Gasteiger partial charge in [0.2, 0.25) is 0 Å². The predicted octanol–water partition coefficient (Wildman–Crippen LogP) is 6.51. The second kappa shape index (κ2) is 12.0. The van der Waals surface area contributed by atoms with Crippen LogP contribution in [0, 0.1) is 39.5 Å². The Morgan fingerprint density at radius 3 is 1.40 bits per heavy atom. The van der Waals surface area contributed by atoms with Gasteiger partial charge in [0, 0.05) is 34.7 Å². The van der Waals surface area contributed by atoms with Crippen molar-refractivity contribution in [2.24, 2.45) is 11.8 Å². The quantitative estimate of drug-likeness (QED) is 0.415. The third kappa shape index (κ3) is 7.18. The third-order valence-corrected chi connectivity index (χ3v) is 8.42. The highest BCUT2D eigenvalue weighted by Gasteiger charge is 2.20. The Morgan fingerprint density at radius 2 is 1.06 bits per heavy atom. The van der Waals surface area contributed by atoms with Gasteiger partial charge in [0.1, 0.15) is 11.5 Å². The molecule has 2 unspecified atom stereocenters. The van der Waals surface area contributed by atoms with Crippen molar-refractivity contribution in [2.75, 3.05) is 53.5 Å². The molecule has 0 bridgehead atoms. The first-order chi connectivity index (χ1) is 16.8. The van der Waals surface area contributed by atoms with E-state index in [9.17, 15) is 0 Å². The molecule has 0 N–H and O–H groups in total. The molecule has 2 aromatic rings. The molecule has 2 heterocycles. The van der Waals surface area contributed by atoms with Crippen molar-refractivity contribution in [3.05, 3.63) is 46.5 Å². The van der Waals surface area contributed by atoms with Crippen LogP contribution < -0.4 is 9.47 Å². The lowest BCUT2D eigenvalue weighted by Crippen LogP contribution is -2.34. The van der Waals surface area contributed by atoms with Crippen molar-refractivity contribution in [2.45, 2.75) is 63.2 Å². The van der Waals surface area contributed by atoms with Gasteiger partial charge in [-0.2, -0.15) is 0 Å². The number of aryl methyl sites for hydroxylation is 4. The van der Waals surface area contributed by atoms with Crippen LogP contribution in [-0.2, 0) is 0 Å². The van der Waals surface area contributed by atoms with Crippen LogP contribution in [0.25, 0.3) is 0 Å². The Morgan fingerprint density at radius 1 is 0.686 bits per heavy atom. The fraction of sp³-hybridized carbons (Fsp3) is 0.600. The molecular formula is C30H44N2O2S. The largest absolute Gasteiger partial charge is 0.493 e. The molecule has 5 heteroatoms. The highest BCUT2D eigenvalue weighted by Crippen LogP contribution is 2.37. The van der Waals surface area contributed by atoms with E-state index in [1.165, 1.54) is 70.8 Å². The second-order valence-electron chi connectivity index (χ2n) is 11.0. The summed E-state index contributed by atoms with van der Waals surface area (Å²) >= 11 is 1.83. The maximum absolute atomic E-state index is 6.34. The number of piperidine rings is 2. The number of ether oxygens (including phenoxy) is 2. The summed E-state index contributed by atoms with van der Waals surface area (Å²) in [4.78, 5) is 7.38. The van der Waals surface area contributed by atoms with E-state index in [2.05, 4.69) is 75.9 Å². The number of nitrogens with zero attached hydrogens (tertiary/aromatic N) is 2. The number of benzene rings is 2. The van der Waals surface area contributed by atoms with E-state index in [1.807, 2.05) is 11.8 Å². The maximum Gasteiger partial charge on any atom is 0.125 e. The molecule has 192 valence electrons. The molecule has 2 aromatic carbocycles. The summed E-state index contributed by atoms with van der Waals surface area (Å²) in [6.07, 6.45) is 5.09. The molecule has 4 rings (SSSR count). The van der Waals surface area contributed by atoms with Crippen LogP contribution >= 0.6 is 11.8 Å². The van der Waals surface area contributed by atoms with Crippen LogP contribution in [0.15, 0.2) is 34.1 Å². The van der Waals surface area contributed by atoms with Crippen LogP contribution in [0.4, 0.5) is 0 Å². The summed E-state index contributed by atoms with van der Waals surface area (Å²) in [6, 6.07) is 9.09. The summed E-state index contributed by atoms with van der Waals surface area (Å²) in [5.41, 5.74) is 4.90. The minimum absolute atomic E-state index is 0.632. The minimum Gasteiger partial charge on any atom is -0.493 e. The summed E-state index contributed by atoms with van der Waals surface area (Å²) in [5.74, 6) is 3.39. The van der Waals surface area contributed by atoms with Gasteiger partial charge in [-0.15, -0.1) is 0 Å². The summed E-state index contributed by atoms with van der Waals surface area (Å²) in [5, 5.41) is 0. The van der Waals surface area contributed by atoms with E-state index in [-0.39, 0.29) is 0 Å². The second-order valence-corrected chi connectivity index (χ2v) is 12.2. The van der Waals surface area contributed by atoms with Crippen LogP contribution in [0.2, 0.25) is 0 Å². The molecule has 2 aliphatic heterocycles. The average molecular weight is 497 g/mol. The lowest BCUT2D eigenvalue weighted by Gasteiger charge is -2.30. The molecular weight excluding hydrogens is 452 g/mol. The fourth-order valence-corrected chi connectivity index (χ4v) is 6.97. The Bertz CT molecular complexity index is 882. The Labute approximate surface area is 217 Å². The lowest BCUT2D eigenvalue weighted by atomic mass is 9.99. The highest BCUT2D eigenvalue weighted by atomic mass is 32.2.